The fourth-order valence-electron chi connectivity index (χ4n) is 8.24. The number of rotatable bonds is 7. The molecule has 7 heteroatoms. The Kier molecular flexibility index (Phi) is 6.84. The van der Waals surface area contributed by atoms with Gasteiger partial charge in [0.2, 0.25) is 0 Å². The van der Waals surface area contributed by atoms with Crippen molar-refractivity contribution in [1.29, 1.82) is 0 Å². The Hall–Kier alpha value is -1.76. The summed E-state index contributed by atoms with van der Waals surface area (Å²) in [4.78, 5) is 20.3. The number of fused-ring (bicyclic) bond motifs is 5. The summed E-state index contributed by atoms with van der Waals surface area (Å²) in [5, 5.41) is 13.1. The first-order chi connectivity index (χ1) is 16.3. The van der Waals surface area contributed by atoms with Gasteiger partial charge in [0, 0.05) is 31.5 Å². The predicted molar refractivity (Wildman–Crippen MR) is 132 cm³/mol. The summed E-state index contributed by atoms with van der Waals surface area (Å²) in [6.07, 6.45) is 12.1. The smallest absolute Gasteiger partial charge is 0.136 e. The molecule has 0 spiro atoms. The Morgan fingerprint density at radius 2 is 1.97 bits per heavy atom. The van der Waals surface area contributed by atoms with Gasteiger partial charge in [-0.2, -0.15) is 0 Å². The number of oxime groups is 1. The summed E-state index contributed by atoms with van der Waals surface area (Å²) in [5.41, 5.74) is 2.50. The standard InChI is InChI=1S/C27H43N5O2/c1-27(2)16-20(29-34-14-13-32-17-19(28-30-32)11-12-31(3)4)15-18-5-6-22-21-9-10-25(33)23(21)7-8-24(22)26(18)27/h17-18,21-24,26H,5-16H2,1-4H3/t18?,21?,22?,23-,24?,26-/m0/s1. The lowest BCUT2D eigenvalue weighted by Gasteiger charge is -2.57. The van der Waals surface area contributed by atoms with Crippen molar-refractivity contribution in [3.63, 3.8) is 0 Å². The molecule has 4 unspecified atom stereocenters. The number of nitrogens with zero attached hydrogens (tertiary/aromatic N) is 5. The van der Waals surface area contributed by atoms with Gasteiger partial charge in [-0.05, 0) is 94.0 Å². The Bertz CT molecular complexity index is 907. The lowest BCUT2D eigenvalue weighted by atomic mass is 9.48. The number of aromatic nitrogens is 3. The normalized spacial score (nSPS) is 35.8. The summed E-state index contributed by atoms with van der Waals surface area (Å²) in [5.74, 6) is 4.71. The highest BCUT2D eigenvalue weighted by atomic mass is 16.6. The van der Waals surface area contributed by atoms with Crippen molar-refractivity contribution < 1.29 is 9.63 Å². The van der Waals surface area contributed by atoms with Gasteiger partial charge in [-0.3, -0.25) is 4.79 Å². The zero-order valence-electron chi connectivity index (χ0n) is 21.6. The highest BCUT2D eigenvalue weighted by molar-refractivity contribution is 5.86. The van der Waals surface area contributed by atoms with Gasteiger partial charge in [-0.1, -0.05) is 24.2 Å². The highest BCUT2D eigenvalue weighted by Crippen LogP contribution is 2.60. The molecule has 4 aliphatic carbocycles. The molecule has 4 aliphatic rings. The molecule has 0 bridgehead atoms. The van der Waals surface area contributed by atoms with Crippen LogP contribution in [0.4, 0.5) is 0 Å². The summed E-state index contributed by atoms with van der Waals surface area (Å²) in [7, 11) is 4.14. The van der Waals surface area contributed by atoms with Crippen molar-refractivity contribution in [2.24, 2.45) is 46.1 Å². The van der Waals surface area contributed by atoms with Crippen molar-refractivity contribution in [2.75, 3.05) is 27.2 Å². The Morgan fingerprint density at radius 1 is 1.15 bits per heavy atom. The van der Waals surface area contributed by atoms with E-state index in [0.717, 1.165) is 74.4 Å². The average Bonchev–Trinajstić information content (AvgIpc) is 3.41. The van der Waals surface area contributed by atoms with E-state index in [9.17, 15) is 4.79 Å². The van der Waals surface area contributed by atoms with Crippen LogP contribution in [0.1, 0.15) is 70.9 Å². The van der Waals surface area contributed by atoms with Crippen LogP contribution in [-0.2, 0) is 22.6 Å². The van der Waals surface area contributed by atoms with Crippen LogP contribution >= 0.6 is 0 Å². The van der Waals surface area contributed by atoms with Crippen LogP contribution in [0.2, 0.25) is 0 Å². The molecule has 4 saturated carbocycles. The fourth-order valence-corrected chi connectivity index (χ4v) is 8.24. The third-order valence-corrected chi connectivity index (χ3v) is 9.47. The molecule has 0 amide bonds. The van der Waals surface area contributed by atoms with Crippen molar-refractivity contribution in [1.82, 2.24) is 19.9 Å². The van der Waals surface area contributed by atoms with Gasteiger partial charge in [-0.15, -0.1) is 5.10 Å². The third-order valence-electron chi connectivity index (χ3n) is 9.47. The maximum atomic E-state index is 12.4. The van der Waals surface area contributed by atoms with Crippen LogP contribution in [0.15, 0.2) is 11.4 Å². The SMILES string of the molecule is CN(C)CCc1cn(CCON=C2CC3CCC4C(CC[C@@H]5C(=O)CCC45)[C@H]3C(C)(C)C2)nn1. The van der Waals surface area contributed by atoms with Crippen molar-refractivity contribution >= 4 is 11.5 Å². The molecule has 0 radical (unpaired) electrons. The molecule has 0 aromatic carbocycles. The molecule has 34 heavy (non-hydrogen) atoms. The maximum absolute atomic E-state index is 12.4. The van der Waals surface area contributed by atoms with Gasteiger partial charge in [-0.25, -0.2) is 4.68 Å². The van der Waals surface area contributed by atoms with Crippen LogP contribution < -0.4 is 0 Å². The number of carbonyl (C=O) groups is 1. The maximum Gasteiger partial charge on any atom is 0.136 e. The minimum Gasteiger partial charge on any atom is -0.394 e. The second-order valence-electron chi connectivity index (χ2n) is 12.4. The van der Waals surface area contributed by atoms with E-state index in [-0.39, 0.29) is 5.41 Å². The quantitative estimate of drug-likeness (QED) is 0.442. The van der Waals surface area contributed by atoms with Crippen LogP contribution in [0.5, 0.6) is 0 Å². The molecular weight excluding hydrogens is 426 g/mol. The fraction of sp³-hybridized carbons (Fsp3) is 0.852. The monoisotopic (exact) mass is 469 g/mol. The van der Waals surface area contributed by atoms with Gasteiger partial charge in [0.15, 0.2) is 0 Å². The molecule has 0 N–H and O–H groups in total. The molecule has 1 heterocycles. The lowest BCUT2D eigenvalue weighted by molar-refractivity contribution is -0.125. The number of hydrogen-bond donors (Lipinski definition) is 0. The molecule has 6 atom stereocenters. The molecule has 0 saturated heterocycles. The number of likely N-dealkylation sites (N-methyl/N-ethyl adjacent to an activating group) is 1. The topological polar surface area (TPSA) is 72.6 Å². The van der Waals surface area contributed by atoms with Crippen LogP contribution in [0.25, 0.3) is 0 Å². The molecule has 1 aromatic rings. The largest absolute Gasteiger partial charge is 0.394 e. The number of ketones is 1. The zero-order chi connectivity index (χ0) is 23.9. The van der Waals surface area contributed by atoms with Gasteiger partial charge in [0.1, 0.15) is 12.4 Å². The van der Waals surface area contributed by atoms with Gasteiger partial charge >= 0.3 is 0 Å². The van der Waals surface area contributed by atoms with Crippen molar-refractivity contribution in [3.8, 4) is 0 Å². The summed E-state index contributed by atoms with van der Waals surface area (Å²) in [6.45, 7) is 7.08. The first kappa shape index (κ1) is 24.0. The van der Waals surface area contributed by atoms with Crippen molar-refractivity contribution in [3.05, 3.63) is 11.9 Å². The van der Waals surface area contributed by atoms with Gasteiger partial charge in [0.25, 0.3) is 0 Å². The second-order valence-corrected chi connectivity index (χ2v) is 12.4. The first-order valence-corrected chi connectivity index (χ1v) is 13.6. The number of carbonyl (C=O) groups excluding carboxylic acids is 1. The average molecular weight is 470 g/mol. The van der Waals surface area contributed by atoms with Crippen LogP contribution in [0.3, 0.4) is 0 Å². The predicted octanol–water partition coefficient (Wildman–Crippen LogP) is 4.22. The summed E-state index contributed by atoms with van der Waals surface area (Å²) >= 11 is 0. The summed E-state index contributed by atoms with van der Waals surface area (Å²) < 4.78 is 1.86. The number of hydrogen-bond acceptors (Lipinski definition) is 6. The molecule has 4 fully saturated rings. The minimum absolute atomic E-state index is 0.247. The van der Waals surface area contributed by atoms with E-state index >= 15 is 0 Å². The molecular formula is C27H43N5O2. The summed E-state index contributed by atoms with van der Waals surface area (Å²) in [6, 6.07) is 0. The molecule has 1 aromatic heterocycles. The van der Waals surface area contributed by atoms with E-state index in [4.69, 9.17) is 4.84 Å². The Morgan fingerprint density at radius 3 is 2.79 bits per heavy atom. The van der Waals surface area contributed by atoms with Crippen molar-refractivity contribution in [2.45, 2.75) is 78.2 Å². The third kappa shape index (κ3) is 4.82. The van der Waals surface area contributed by atoms with Gasteiger partial charge < -0.3 is 9.74 Å². The Balaban J connectivity index is 1.16. The first-order valence-electron chi connectivity index (χ1n) is 13.6. The molecule has 5 rings (SSSR count). The van der Waals surface area contributed by atoms with Crippen LogP contribution in [-0.4, -0.2) is 58.6 Å². The van der Waals surface area contributed by atoms with E-state index in [0.29, 0.717) is 30.8 Å². The molecule has 0 aliphatic heterocycles. The van der Waals surface area contributed by atoms with E-state index in [1.165, 1.54) is 25.0 Å². The Labute approximate surface area is 204 Å². The zero-order valence-corrected chi connectivity index (χ0v) is 21.6. The van der Waals surface area contributed by atoms with Gasteiger partial charge in [0.05, 0.1) is 18.0 Å². The number of Topliss-reactive ketones (excluding diaryl/α,β-unsaturated/α-hetero) is 1. The molecule has 7 nitrogen and oxygen atoms in total. The minimum atomic E-state index is 0.247. The van der Waals surface area contributed by atoms with E-state index in [1.54, 1.807) is 0 Å². The second kappa shape index (κ2) is 9.71. The van der Waals surface area contributed by atoms with E-state index in [1.807, 2.05) is 10.9 Å². The highest BCUT2D eigenvalue weighted by Gasteiger charge is 2.55. The molecule has 188 valence electrons. The van der Waals surface area contributed by atoms with E-state index in [2.05, 4.69) is 48.3 Å². The van der Waals surface area contributed by atoms with E-state index < -0.39 is 0 Å². The van der Waals surface area contributed by atoms with Crippen LogP contribution in [0, 0.1) is 40.9 Å². The lowest BCUT2D eigenvalue weighted by Crippen LogP contribution is -2.51.